The first-order valence-electron chi connectivity index (χ1n) is 6.39. The molecule has 1 aromatic heterocycles. The molecule has 1 aromatic carbocycles. The van der Waals surface area contributed by atoms with Crippen molar-refractivity contribution in [2.24, 2.45) is 0 Å². The molecule has 0 aliphatic rings. The van der Waals surface area contributed by atoms with Gasteiger partial charge in [-0.05, 0) is 23.8 Å². The molecule has 2 aromatic rings. The number of halogens is 4. The Kier molecular flexibility index (Phi) is 6.70. The van der Waals surface area contributed by atoms with Crippen LogP contribution in [0.25, 0.3) is 0 Å². The Bertz CT molecular complexity index is 587. The van der Waals surface area contributed by atoms with Gasteiger partial charge < -0.3 is 10.1 Å². The fourth-order valence-electron chi connectivity index (χ4n) is 1.89. The monoisotopic (exact) mass is 335 g/mol. The fraction of sp³-hybridized carbons (Fsp3) is 0.357. The largest absolute Gasteiger partial charge is 0.497 e. The van der Waals surface area contributed by atoms with Crippen molar-refractivity contribution in [1.82, 2.24) is 15.1 Å². The smallest absolute Gasteiger partial charge is 0.408 e. The van der Waals surface area contributed by atoms with Crippen LogP contribution in [0.15, 0.2) is 36.5 Å². The van der Waals surface area contributed by atoms with Crippen molar-refractivity contribution < 1.29 is 17.9 Å². The number of benzene rings is 1. The molecule has 1 heterocycles. The number of rotatable bonds is 6. The van der Waals surface area contributed by atoms with Gasteiger partial charge in [0.2, 0.25) is 0 Å². The molecule has 0 atom stereocenters. The lowest BCUT2D eigenvalue weighted by molar-refractivity contribution is -0.142. The van der Waals surface area contributed by atoms with Gasteiger partial charge in [-0.3, -0.25) is 4.68 Å². The predicted octanol–water partition coefficient (Wildman–Crippen LogP) is 3.17. The molecule has 0 amide bonds. The molecule has 0 fully saturated rings. The Morgan fingerprint density at radius 3 is 2.68 bits per heavy atom. The number of nitrogens with one attached hydrogen (secondary N) is 1. The van der Waals surface area contributed by atoms with Crippen molar-refractivity contribution >= 4 is 12.4 Å². The van der Waals surface area contributed by atoms with Crippen molar-refractivity contribution in [2.75, 3.05) is 7.11 Å². The van der Waals surface area contributed by atoms with E-state index in [-0.39, 0.29) is 12.4 Å². The molecule has 0 saturated carbocycles. The Morgan fingerprint density at radius 1 is 1.23 bits per heavy atom. The maximum absolute atomic E-state index is 12.2. The minimum Gasteiger partial charge on any atom is -0.497 e. The van der Waals surface area contributed by atoms with Crippen molar-refractivity contribution in [3.05, 3.63) is 47.8 Å². The minimum atomic E-state index is -4.25. The number of alkyl halides is 3. The first-order chi connectivity index (χ1) is 9.96. The predicted molar refractivity (Wildman–Crippen MR) is 79.1 cm³/mol. The van der Waals surface area contributed by atoms with E-state index in [1.807, 2.05) is 24.3 Å². The van der Waals surface area contributed by atoms with E-state index in [4.69, 9.17) is 4.74 Å². The standard InChI is InChI=1S/C14H16F3N3O.ClH/c1-21-13-4-2-3-11(7-13)8-18-9-12-5-6-20(19-12)10-14(15,16)17;/h2-7,18H,8-10H2,1H3;1H. The van der Waals surface area contributed by atoms with E-state index < -0.39 is 12.7 Å². The van der Waals surface area contributed by atoms with Gasteiger partial charge in [-0.1, -0.05) is 12.1 Å². The molecule has 0 aliphatic carbocycles. The maximum atomic E-state index is 12.2. The van der Waals surface area contributed by atoms with Crippen molar-refractivity contribution in [1.29, 1.82) is 0 Å². The van der Waals surface area contributed by atoms with E-state index in [1.54, 1.807) is 13.2 Å². The zero-order valence-corrected chi connectivity index (χ0v) is 12.7. The summed E-state index contributed by atoms with van der Waals surface area (Å²) in [6.45, 7) is -0.0751. The summed E-state index contributed by atoms with van der Waals surface area (Å²) in [6, 6.07) is 9.15. The Hall–Kier alpha value is -1.73. The number of ether oxygens (including phenoxy) is 1. The first kappa shape index (κ1) is 18.3. The second-order valence-corrected chi connectivity index (χ2v) is 4.57. The summed E-state index contributed by atoms with van der Waals surface area (Å²) in [5.41, 5.74) is 1.60. The van der Waals surface area contributed by atoms with Gasteiger partial charge in [-0.25, -0.2) is 0 Å². The molecule has 2 rings (SSSR count). The molecule has 4 nitrogen and oxygen atoms in total. The second-order valence-electron chi connectivity index (χ2n) is 4.57. The maximum Gasteiger partial charge on any atom is 0.408 e. The van der Waals surface area contributed by atoms with Crippen LogP contribution >= 0.6 is 12.4 Å². The van der Waals surface area contributed by atoms with Gasteiger partial charge in [0.15, 0.2) is 0 Å². The van der Waals surface area contributed by atoms with Crippen LogP contribution in [-0.4, -0.2) is 23.1 Å². The molecule has 1 N–H and O–H groups in total. The Balaban J connectivity index is 0.00000242. The normalized spacial score (nSPS) is 11.1. The lowest BCUT2D eigenvalue weighted by Crippen LogP contribution is -2.19. The lowest BCUT2D eigenvalue weighted by atomic mass is 10.2. The van der Waals surface area contributed by atoms with Gasteiger partial charge in [0.05, 0.1) is 12.8 Å². The van der Waals surface area contributed by atoms with Gasteiger partial charge in [0.25, 0.3) is 0 Å². The molecule has 0 aliphatic heterocycles. The number of nitrogens with zero attached hydrogens (tertiary/aromatic N) is 2. The minimum absolute atomic E-state index is 0. The molecule has 0 radical (unpaired) electrons. The third-order valence-corrected chi connectivity index (χ3v) is 2.81. The molecular weight excluding hydrogens is 319 g/mol. The Morgan fingerprint density at radius 2 is 2.00 bits per heavy atom. The highest BCUT2D eigenvalue weighted by Crippen LogP contribution is 2.17. The number of hydrogen-bond acceptors (Lipinski definition) is 3. The van der Waals surface area contributed by atoms with E-state index in [0.717, 1.165) is 16.0 Å². The lowest BCUT2D eigenvalue weighted by Gasteiger charge is -2.06. The van der Waals surface area contributed by atoms with Crippen LogP contribution in [0.1, 0.15) is 11.3 Å². The summed E-state index contributed by atoms with van der Waals surface area (Å²) in [5.74, 6) is 0.767. The first-order valence-corrected chi connectivity index (χ1v) is 6.39. The van der Waals surface area contributed by atoms with Gasteiger partial charge in [-0.15, -0.1) is 12.4 Å². The second kappa shape index (κ2) is 8.05. The number of aromatic nitrogens is 2. The van der Waals surface area contributed by atoms with Crippen LogP contribution < -0.4 is 10.1 Å². The van der Waals surface area contributed by atoms with E-state index in [1.165, 1.54) is 6.20 Å². The van der Waals surface area contributed by atoms with Crippen molar-refractivity contribution in [3.8, 4) is 5.75 Å². The summed E-state index contributed by atoms with van der Waals surface area (Å²) in [4.78, 5) is 0. The van der Waals surface area contributed by atoms with Crippen LogP contribution in [0, 0.1) is 0 Å². The molecule has 122 valence electrons. The molecule has 0 saturated heterocycles. The molecule has 0 bridgehead atoms. The van der Waals surface area contributed by atoms with Crippen LogP contribution in [0.5, 0.6) is 5.75 Å². The molecule has 8 heteroatoms. The van der Waals surface area contributed by atoms with Gasteiger partial charge in [-0.2, -0.15) is 18.3 Å². The fourth-order valence-corrected chi connectivity index (χ4v) is 1.89. The van der Waals surface area contributed by atoms with Crippen molar-refractivity contribution in [3.63, 3.8) is 0 Å². The quantitative estimate of drug-likeness (QED) is 0.881. The average molecular weight is 336 g/mol. The van der Waals surface area contributed by atoms with E-state index >= 15 is 0 Å². The third-order valence-electron chi connectivity index (χ3n) is 2.81. The zero-order chi connectivity index (χ0) is 15.3. The summed E-state index contributed by atoms with van der Waals surface area (Å²) in [7, 11) is 1.60. The number of hydrogen-bond donors (Lipinski definition) is 1. The van der Waals surface area contributed by atoms with Gasteiger partial charge in [0.1, 0.15) is 12.3 Å². The third kappa shape index (κ3) is 5.95. The molecule has 0 unspecified atom stereocenters. The van der Waals surface area contributed by atoms with E-state index in [9.17, 15) is 13.2 Å². The highest BCUT2D eigenvalue weighted by atomic mass is 35.5. The molecule has 22 heavy (non-hydrogen) atoms. The van der Waals surface area contributed by atoms with Crippen LogP contribution in [0.4, 0.5) is 13.2 Å². The SMILES string of the molecule is COc1cccc(CNCc2ccn(CC(F)(F)F)n2)c1.Cl. The summed E-state index contributed by atoms with van der Waals surface area (Å²) in [6.07, 6.45) is -2.92. The van der Waals surface area contributed by atoms with Crippen LogP contribution in [0.3, 0.4) is 0 Å². The van der Waals surface area contributed by atoms with Crippen LogP contribution in [0.2, 0.25) is 0 Å². The number of methoxy groups -OCH3 is 1. The van der Waals surface area contributed by atoms with Gasteiger partial charge in [0, 0.05) is 19.3 Å². The van der Waals surface area contributed by atoms with Gasteiger partial charge >= 0.3 is 6.18 Å². The Labute approximate surface area is 132 Å². The van der Waals surface area contributed by atoms with Crippen LogP contribution in [-0.2, 0) is 19.6 Å². The summed E-state index contributed by atoms with van der Waals surface area (Å²) in [5, 5.41) is 7.00. The molecular formula is C14H17ClF3N3O. The zero-order valence-electron chi connectivity index (χ0n) is 11.9. The van der Waals surface area contributed by atoms with E-state index in [0.29, 0.717) is 18.8 Å². The average Bonchev–Trinajstić information content (AvgIpc) is 2.84. The van der Waals surface area contributed by atoms with E-state index in [2.05, 4.69) is 10.4 Å². The highest BCUT2D eigenvalue weighted by Gasteiger charge is 2.28. The summed E-state index contributed by atoms with van der Waals surface area (Å²) < 4.78 is 42.6. The highest BCUT2D eigenvalue weighted by molar-refractivity contribution is 5.85. The summed E-state index contributed by atoms with van der Waals surface area (Å²) >= 11 is 0. The van der Waals surface area contributed by atoms with Crippen molar-refractivity contribution in [2.45, 2.75) is 25.8 Å². The molecule has 0 spiro atoms. The topological polar surface area (TPSA) is 39.1 Å².